The number of aryl methyl sites for hydroxylation is 2. The minimum Gasteiger partial charge on any atom is -0.453 e. The van der Waals surface area contributed by atoms with Crippen molar-refractivity contribution < 1.29 is 13.4 Å². The van der Waals surface area contributed by atoms with Gasteiger partial charge in [-0.25, -0.2) is 0 Å². The summed E-state index contributed by atoms with van der Waals surface area (Å²) in [5.74, 6) is 0.874. The Kier molecular flexibility index (Phi) is 4.04. The Balaban J connectivity index is 1.50. The van der Waals surface area contributed by atoms with Crippen LogP contribution in [0.1, 0.15) is 5.56 Å². The first-order chi connectivity index (χ1) is 18.2. The highest BCUT2D eigenvalue weighted by molar-refractivity contribution is 6.15. The summed E-state index contributed by atoms with van der Waals surface area (Å²) < 4.78 is 17.6. The van der Waals surface area contributed by atoms with Gasteiger partial charge in [0.25, 0.3) is 5.69 Å². The van der Waals surface area contributed by atoms with Crippen molar-refractivity contribution in [1.29, 1.82) is 0 Å². The Morgan fingerprint density at radius 2 is 1.27 bits per heavy atom. The standard InChI is InChI=1S/C33H23N2O2/c1-20-21-10-5-8-17-28(21)36-32(20)31-30-24-13-9-16-27(33(24)37-29(30)18-19-34(31)2)35-25-14-6-3-11-22(25)23-12-4-7-15-26(23)35/h3-19H,1-2H3/q+1. The molecule has 0 N–H and O–H groups in total. The number of hydrogen-bond acceptors (Lipinski definition) is 2. The number of benzene rings is 4. The van der Waals surface area contributed by atoms with Crippen LogP contribution in [0.4, 0.5) is 0 Å². The van der Waals surface area contributed by atoms with Gasteiger partial charge in [0.1, 0.15) is 23.6 Å². The fourth-order valence-corrected chi connectivity index (χ4v) is 5.95. The zero-order valence-corrected chi connectivity index (χ0v) is 20.5. The van der Waals surface area contributed by atoms with Gasteiger partial charge >= 0.3 is 0 Å². The Morgan fingerprint density at radius 3 is 2.00 bits per heavy atom. The summed E-state index contributed by atoms with van der Waals surface area (Å²) in [4.78, 5) is 0. The van der Waals surface area contributed by atoms with Gasteiger partial charge in [0, 0.05) is 33.2 Å². The lowest BCUT2D eigenvalue weighted by molar-refractivity contribution is -0.659. The van der Waals surface area contributed by atoms with Crippen molar-refractivity contribution >= 4 is 54.7 Å². The van der Waals surface area contributed by atoms with Crippen molar-refractivity contribution in [3.63, 3.8) is 0 Å². The first-order valence-corrected chi connectivity index (χ1v) is 12.5. The van der Waals surface area contributed by atoms with E-state index in [1.807, 2.05) is 24.4 Å². The monoisotopic (exact) mass is 479 g/mol. The van der Waals surface area contributed by atoms with Crippen LogP contribution in [0, 0.1) is 6.92 Å². The highest BCUT2D eigenvalue weighted by Crippen LogP contribution is 2.41. The number of furan rings is 2. The summed E-state index contributed by atoms with van der Waals surface area (Å²) >= 11 is 0. The van der Waals surface area contributed by atoms with E-state index in [-0.39, 0.29) is 0 Å². The molecule has 0 saturated heterocycles. The minimum absolute atomic E-state index is 0.844. The van der Waals surface area contributed by atoms with Gasteiger partial charge in [0.2, 0.25) is 5.76 Å². The molecule has 8 aromatic rings. The van der Waals surface area contributed by atoms with Crippen molar-refractivity contribution in [2.45, 2.75) is 6.92 Å². The van der Waals surface area contributed by atoms with E-state index >= 15 is 0 Å². The topological polar surface area (TPSA) is 35.1 Å². The molecular weight excluding hydrogens is 456 g/mol. The Labute approximate surface area is 212 Å². The van der Waals surface area contributed by atoms with Crippen LogP contribution < -0.4 is 4.57 Å². The summed E-state index contributed by atoms with van der Waals surface area (Å²) in [6.07, 6.45) is 2.05. The largest absolute Gasteiger partial charge is 0.453 e. The average Bonchev–Trinajstić information content (AvgIpc) is 3.59. The second-order valence-corrected chi connectivity index (χ2v) is 9.69. The van der Waals surface area contributed by atoms with Gasteiger partial charge in [-0.1, -0.05) is 66.7 Å². The number of hydrogen-bond donors (Lipinski definition) is 0. The fraction of sp³-hybridized carbons (Fsp3) is 0.0606. The van der Waals surface area contributed by atoms with E-state index in [1.54, 1.807) is 0 Å². The number of rotatable bonds is 2. The minimum atomic E-state index is 0.844. The first-order valence-electron chi connectivity index (χ1n) is 12.5. The number of aromatic nitrogens is 2. The predicted octanol–water partition coefficient (Wildman–Crippen LogP) is 8.23. The molecule has 0 unspecified atom stereocenters. The molecule has 4 aromatic carbocycles. The molecule has 0 bridgehead atoms. The predicted molar refractivity (Wildman–Crippen MR) is 149 cm³/mol. The third-order valence-corrected chi connectivity index (χ3v) is 7.64. The van der Waals surface area contributed by atoms with E-state index < -0.39 is 0 Å². The van der Waals surface area contributed by atoms with Gasteiger partial charge in [-0.2, -0.15) is 4.57 Å². The van der Waals surface area contributed by atoms with Crippen LogP contribution in [-0.4, -0.2) is 4.57 Å². The zero-order chi connectivity index (χ0) is 24.7. The normalized spacial score (nSPS) is 12.1. The third kappa shape index (κ3) is 2.70. The van der Waals surface area contributed by atoms with E-state index in [9.17, 15) is 0 Å². The molecule has 0 spiro atoms. The van der Waals surface area contributed by atoms with Crippen molar-refractivity contribution in [3.05, 3.63) is 109 Å². The van der Waals surface area contributed by atoms with Crippen molar-refractivity contribution in [1.82, 2.24) is 4.57 Å². The molecule has 0 aliphatic rings. The van der Waals surface area contributed by atoms with Gasteiger partial charge in [0.15, 0.2) is 11.8 Å². The Hall–Kier alpha value is -4.83. The highest BCUT2D eigenvalue weighted by atomic mass is 16.3. The lowest BCUT2D eigenvalue weighted by atomic mass is 10.0. The van der Waals surface area contributed by atoms with Crippen LogP contribution >= 0.6 is 0 Å². The molecule has 4 heterocycles. The molecular formula is C33H23N2O2+. The molecule has 0 aliphatic carbocycles. The molecule has 0 amide bonds. The van der Waals surface area contributed by atoms with Crippen molar-refractivity contribution in [2.75, 3.05) is 0 Å². The maximum absolute atomic E-state index is 6.66. The maximum atomic E-state index is 6.66. The lowest BCUT2D eigenvalue weighted by Crippen LogP contribution is -2.30. The van der Waals surface area contributed by atoms with Gasteiger partial charge in [-0.15, -0.1) is 0 Å². The maximum Gasteiger partial charge on any atom is 0.260 e. The summed E-state index contributed by atoms with van der Waals surface area (Å²) in [6, 6.07) is 33.8. The van der Waals surface area contributed by atoms with Gasteiger partial charge < -0.3 is 13.4 Å². The molecule has 0 atom stereocenters. The second-order valence-electron chi connectivity index (χ2n) is 9.69. The quantitative estimate of drug-likeness (QED) is 0.234. The SMILES string of the molecule is Cc1c(-c2c3c(cc[n+]2C)oc2c(-n4c5ccccc5c5ccccc54)cccc23)oc2ccccc12. The summed E-state index contributed by atoms with van der Waals surface area (Å²) in [5, 5.41) is 5.73. The summed E-state index contributed by atoms with van der Waals surface area (Å²) in [7, 11) is 2.07. The second kappa shape index (κ2) is 7.34. The molecule has 4 aromatic heterocycles. The fourth-order valence-electron chi connectivity index (χ4n) is 5.95. The molecule has 4 nitrogen and oxygen atoms in total. The average molecular weight is 480 g/mol. The molecule has 0 saturated carbocycles. The van der Waals surface area contributed by atoms with Crippen LogP contribution in [0.2, 0.25) is 0 Å². The van der Waals surface area contributed by atoms with Gasteiger partial charge in [-0.05, 0) is 31.2 Å². The molecule has 0 fully saturated rings. The number of para-hydroxylation sites is 4. The van der Waals surface area contributed by atoms with Crippen LogP contribution in [-0.2, 0) is 7.05 Å². The summed E-state index contributed by atoms with van der Waals surface area (Å²) in [5.41, 5.74) is 8.11. The van der Waals surface area contributed by atoms with Crippen LogP contribution in [0.5, 0.6) is 0 Å². The van der Waals surface area contributed by atoms with E-state index in [0.717, 1.165) is 66.6 Å². The van der Waals surface area contributed by atoms with Crippen molar-refractivity contribution in [3.8, 4) is 17.1 Å². The van der Waals surface area contributed by atoms with Gasteiger partial charge in [-0.3, -0.25) is 0 Å². The number of pyridine rings is 1. The molecule has 4 heteroatoms. The number of fused-ring (bicyclic) bond motifs is 7. The number of nitrogens with zero attached hydrogens (tertiary/aromatic N) is 2. The van der Waals surface area contributed by atoms with Gasteiger partial charge in [0.05, 0.1) is 16.7 Å². The smallest absolute Gasteiger partial charge is 0.260 e. The van der Waals surface area contributed by atoms with Crippen LogP contribution in [0.15, 0.2) is 112 Å². The molecule has 0 aliphatic heterocycles. The van der Waals surface area contributed by atoms with E-state index in [4.69, 9.17) is 8.83 Å². The third-order valence-electron chi connectivity index (χ3n) is 7.64. The van der Waals surface area contributed by atoms with E-state index in [2.05, 4.69) is 102 Å². The van der Waals surface area contributed by atoms with Crippen LogP contribution in [0.25, 0.3) is 71.9 Å². The molecule has 8 rings (SSSR count). The van der Waals surface area contributed by atoms with E-state index in [1.165, 1.54) is 10.8 Å². The Morgan fingerprint density at radius 1 is 0.622 bits per heavy atom. The first kappa shape index (κ1) is 20.4. The van der Waals surface area contributed by atoms with Crippen LogP contribution in [0.3, 0.4) is 0 Å². The molecule has 176 valence electrons. The van der Waals surface area contributed by atoms with E-state index in [0.29, 0.717) is 0 Å². The Bertz CT molecular complexity index is 2120. The molecule has 0 radical (unpaired) electrons. The highest BCUT2D eigenvalue weighted by Gasteiger charge is 2.27. The lowest BCUT2D eigenvalue weighted by Gasteiger charge is -2.08. The molecule has 37 heavy (non-hydrogen) atoms. The summed E-state index contributed by atoms with van der Waals surface area (Å²) in [6.45, 7) is 2.13. The van der Waals surface area contributed by atoms with Crippen molar-refractivity contribution in [2.24, 2.45) is 7.05 Å². The zero-order valence-electron chi connectivity index (χ0n) is 20.5.